The summed E-state index contributed by atoms with van der Waals surface area (Å²) in [6.07, 6.45) is 2.37. The number of rotatable bonds is 6. The highest BCUT2D eigenvalue weighted by atomic mass is 32.2. The monoisotopic (exact) mass is 294 g/mol. The van der Waals surface area contributed by atoms with E-state index in [1.54, 1.807) is 25.6 Å². The number of thioether (sulfide) groups is 1. The van der Waals surface area contributed by atoms with E-state index >= 15 is 0 Å². The smallest absolute Gasteiger partial charge is 0.249 e. The number of anilines is 1. The Hall–Kier alpha value is -1.49. The summed E-state index contributed by atoms with van der Waals surface area (Å²) in [5.41, 5.74) is -0.220. The zero-order chi connectivity index (χ0) is 15.2. The first kappa shape index (κ1) is 16.6. The number of carbonyl (C=O) groups is 2. The van der Waals surface area contributed by atoms with Gasteiger partial charge < -0.3 is 10.6 Å². The fourth-order valence-corrected chi connectivity index (χ4v) is 1.93. The standard InChI is InChI=1S/C15H22N2O2S/c1-11(20-4)10-13(18)17-15(2,3)14(19)16-12-8-6-5-7-9-12/h5-9,11H,10H2,1-4H3,(H,16,19)(H,17,18). The highest BCUT2D eigenvalue weighted by Gasteiger charge is 2.29. The first-order valence-electron chi connectivity index (χ1n) is 6.55. The Balaban J connectivity index is 2.59. The molecule has 5 heteroatoms. The molecule has 2 amide bonds. The van der Waals surface area contributed by atoms with Gasteiger partial charge in [0.2, 0.25) is 11.8 Å². The summed E-state index contributed by atoms with van der Waals surface area (Å²) in [5.74, 6) is -0.339. The molecule has 1 rings (SSSR count). The highest BCUT2D eigenvalue weighted by Crippen LogP contribution is 2.13. The topological polar surface area (TPSA) is 58.2 Å². The van der Waals surface area contributed by atoms with Crippen LogP contribution in [0.2, 0.25) is 0 Å². The van der Waals surface area contributed by atoms with Gasteiger partial charge in [0.1, 0.15) is 5.54 Å². The Morgan fingerprint density at radius 1 is 1.25 bits per heavy atom. The molecular formula is C15H22N2O2S. The van der Waals surface area contributed by atoms with Crippen LogP contribution in [-0.2, 0) is 9.59 Å². The van der Waals surface area contributed by atoms with Crippen LogP contribution in [0.15, 0.2) is 30.3 Å². The quantitative estimate of drug-likeness (QED) is 0.848. The van der Waals surface area contributed by atoms with Gasteiger partial charge in [0.15, 0.2) is 0 Å². The molecule has 0 saturated carbocycles. The van der Waals surface area contributed by atoms with Crippen LogP contribution >= 0.6 is 11.8 Å². The maximum absolute atomic E-state index is 12.2. The van der Waals surface area contributed by atoms with Crippen molar-refractivity contribution >= 4 is 29.3 Å². The van der Waals surface area contributed by atoms with Crippen molar-refractivity contribution in [2.75, 3.05) is 11.6 Å². The van der Waals surface area contributed by atoms with Crippen LogP contribution in [0.4, 0.5) is 5.69 Å². The summed E-state index contributed by atoms with van der Waals surface area (Å²) in [4.78, 5) is 24.1. The van der Waals surface area contributed by atoms with E-state index in [0.717, 1.165) is 5.69 Å². The summed E-state index contributed by atoms with van der Waals surface area (Å²) in [7, 11) is 0. The number of hydrogen-bond acceptors (Lipinski definition) is 3. The zero-order valence-corrected chi connectivity index (χ0v) is 13.2. The maximum atomic E-state index is 12.2. The molecule has 0 radical (unpaired) electrons. The summed E-state index contributed by atoms with van der Waals surface area (Å²) < 4.78 is 0. The molecule has 2 N–H and O–H groups in total. The van der Waals surface area contributed by atoms with Gasteiger partial charge in [-0.25, -0.2) is 0 Å². The lowest BCUT2D eigenvalue weighted by Gasteiger charge is -2.25. The van der Waals surface area contributed by atoms with E-state index in [1.807, 2.05) is 43.5 Å². The molecule has 0 fully saturated rings. The predicted octanol–water partition coefficient (Wildman–Crippen LogP) is 2.66. The first-order valence-corrected chi connectivity index (χ1v) is 7.84. The lowest BCUT2D eigenvalue weighted by molar-refractivity contribution is -0.129. The normalized spacial score (nSPS) is 12.6. The number of amides is 2. The second kappa shape index (κ2) is 7.33. The molecule has 0 aliphatic carbocycles. The van der Waals surface area contributed by atoms with Gasteiger partial charge in [0.25, 0.3) is 0 Å². The molecule has 0 aliphatic heterocycles. The van der Waals surface area contributed by atoms with Crippen molar-refractivity contribution in [2.24, 2.45) is 0 Å². The van der Waals surface area contributed by atoms with Crippen LogP contribution in [0.3, 0.4) is 0 Å². The van der Waals surface area contributed by atoms with Gasteiger partial charge in [-0.3, -0.25) is 9.59 Å². The molecule has 0 saturated heterocycles. The molecule has 4 nitrogen and oxygen atoms in total. The Labute approximate surface area is 124 Å². The molecule has 110 valence electrons. The van der Waals surface area contributed by atoms with Crippen molar-refractivity contribution in [1.29, 1.82) is 0 Å². The average Bonchev–Trinajstić information content (AvgIpc) is 2.38. The summed E-state index contributed by atoms with van der Waals surface area (Å²) >= 11 is 1.63. The minimum Gasteiger partial charge on any atom is -0.342 e. The van der Waals surface area contributed by atoms with Gasteiger partial charge in [-0.2, -0.15) is 11.8 Å². The van der Waals surface area contributed by atoms with Crippen molar-refractivity contribution in [3.63, 3.8) is 0 Å². The molecule has 0 bridgehead atoms. The summed E-state index contributed by atoms with van der Waals surface area (Å²) in [6.45, 7) is 5.39. The second-order valence-corrected chi connectivity index (χ2v) is 6.52. The lowest BCUT2D eigenvalue weighted by Crippen LogP contribution is -2.52. The fraction of sp³-hybridized carbons (Fsp3) is 0.467. The molecule has 1 aromatic rings. The number of carbonyl (C=O) groups excluding carboxylic acids is 2. The highest BCUT2D eigenvalue weighted by molar-refractivity contribution is 7.99. The van der Waals surface area contributed by atoms with Gasteiger partial charge in [-0.15, -0.1) is 0 Å². The molecule has 0 heterocycles. The van der Waals surface area contributed by atoms with Gasteiger partial charge in [-0.1, -0.05) is 25.1 Å². The third kappa shape index (κ3) is 5.25. The van der Waals surface area contributed by atoms with Crippen LogP contribution < -0.4 is 10.6 Å². The number of nitrogens with one attached hydrogen (secondary N) is 2. The molecular weight excluding hydrogens is 272 g/mol. The van der Waals surface area contributed by atoms with Gasteiger partial charge in [0, 0.05) is 17.4 Å². The van der Waals surface area contributed by atoms with E-state index in [4.69, 9.17) is 0 Å². The van der Waals surface area contributed by atoms with E-state index in [-0.39, 0.29) is 17.1 Å². The number of hydrogen-bond donors (Lipinski definition) is 2. The molecule has 0 aromatic heterocycles. The molecule has 0 spiro atoms. The van der Waals surface area contributed by atoms with Crippen molar-refractivity contribution < 1.29 is 9.59 Å². The minimum absolute atomic E-state index is 0.111. The Kier molecular flexibility index (Phi) is 6.07. The van der Waals surface area contributed by atoms with Crippen LogP contribution in [0.1, 0.15) is 27.2 Å². The molecule has 1 unspecified atom stereocenters. The Bertz CT molecular complexity index is 460. The van der Waals surface area contributed by atoms with Crippen LogP contribution in [0.5, 0.6) is 0 Å². The van der Waals surface area contributed by atoms with E-state index in [9.17, 15) is 9.59 Å². The van der Waals surface area contributed by atoms with E-state index < -0.39 is 5.54 Å². The molecule has 1 aromatic carbocycles. The lowest BCUT2D eigenvalue weighted by atomic mass is 10.0. The van der Waals surface area contributed by atoms with Gasteiger partial charge >= 0.3 is 0 Å². The van der Waals surface area contributed by atoms with Crippen molar-refractivity contribution in [2.45, 2.75) is 38.0 Å². The Morgan fingerprint density at radius 3 is 2.40 bits per heavy atom. The van der Waals surface area contributed by atoms with Crippen LogP contribution in [0.25, 0.3) is 0 Å². The molecule has 0 aliphatic rings. The Morgan fingerprint density at radius 2 is 1.85 bits per heavy atom. The largest absolute Gasteiger partial charge is 0.342 e. The van der Waals surface area contributed by atoms with Crippen molar-refractivity contribution in [1.82, 2.24) is 5.32 Å². The van der Waals surface area contributed by atoms with Crippen molar-refractivity contribution in [3.8, 4) is 0 Å². The average molecular weight is 294 g/mol. The maximum Gasteiger partial charge on any atom is 0.249 e. The van der Waals surface area contributed by atoms with Gasteiger partial charge in [-0.05, 0) is 32.2 Å². The van der Waals surface area contributed by atoms with Crippen molar-refractivity contribution in [3.05, 3.63) is 30.3 Å². The van der Waals surface area contributed by atoms with E-state index in [2.05, 4.69) is 10.6 Å². The van der Waals surface area contributed by atoms with E-state index in [1.165, 1.54) is 0 Å². The third-order valence-electron chi connectivity index (χ3n) is 2.93. The fourth-order valence-electron chi connectivity index (χ4n) is 1.61. The molecule has 20 heavy (non-hydrogen) atoms. The van der Waals surface area contributed by atoms with E-state index in [0.29, 0.717) is 6.42 Å². The predicted molar refractivity (Wildman–Crippen MR) is 84.9 cm³/mol. The third-order valence-corrected chi connectivity index (χ3v) is 3.90. The van der Waals surface area contributed by atoms with Gasteiger partial charge in [0.05, 0.1) is 0 Å². The minimum atomic E-state index is -0.939. The van der Waals surface area contributed by atoms with Crippen LogP contribution in [0, 0.1) is 0 Å². The van der Waals surface area contributed by atoms with Crippen LogP contribution in [-0.4, -0.2) is 28.9 Å². The first-order chi connectivity index (χ1) is 9.35. The number of para-hydroxylation sites is 1. The second-order valence-electron chi connectivity index (χ2n) is 5.24. The SMILES string of the molecule is CSC(C)CC(=O)NC(C)(C)C(=O)Nc1ccccc1. The zero-order valence-electron chi connectivity index (χ0n) is 12.4. The summed E-state index contributed by atoms with van der Waals surface area (Å²) in [6, 6.07) is 9.20. The molecule has 1 atom stereocenters. The number of benzene rings is 1. The summed E-state index contributed by atoms with van der Waals surface area (Å²) in [5, 5.41) is 5.81.